The standard InChI is InChI=1S/C14H12N2O4/c17-12-7-13(18)16-10-6-8(3-4-9(10)15-12)14(19)11-2-1-5-20-11/h1-6,14,19H,7H2,(H,15,17)(H,16,18). The maximum Gasteiger partial charge on any atom is 0.233 e. The molecule has 0 bridgehead atoms. The van der Waals surface area contributed by atoms with Crippen LogP contribution in [0.3, 0.4) is 0 Å². The number of aliphatic hydroxyl groups is 1. The van der Waals surface area contributed by atoms with Crippen molar-refractivity contribution in [1.82, 2.24) is 0 Å². The Morgan fingerprint density at radius 1 is 1.10 bits per heavy atom. The van der Waals surface area contributed by atoms with Gasteiger partial charge in [0, 0.05) is 0 Å². The Hall–Kier alpha value is -2.60. The van der Waals surface area contributed by atoms with Gasteiger partial charge >= 0.3 is 0 Å². The van der Waals surface area contributed by atoms with Crippen molar-refractivity contribution in [3.8, 4) is 0 Å². The van der Waals surface area contributed by atoms with E-state index in [9.17, 15) is 14.7 Å². The Labute approximate surface area is 114 Å². The Bertz CT molecular complexity index is 664. The molecule has 6 heteroatoms. The van der Waals surface area contributed by atoms with Gasteiger partial charge in [-0.15, -0.1) is 0 Å². The van der Waals surface area contributed by atoms with Crippen LogP contribution < -0.4 is 10.6 Å². The van der Waals surface area contributed by atoms with Crippen LogP contribution >= 0.6 is 0 Å². The molecule has 1 unspecified atom stereocenters. The second kappa shape index (κ2) is 4.82. The third kappa shape index (κ3) is 2.28. The Balaban J connectivity index is 1.96. The summed E-state index contributed by atoms with van der Waals surface area (Å²) in [5.41, 5.74) is 1.54. The van der Waals surface area contributed by atoms with E-state index in [4.69, 9.17) is 4.42 Å². The molecule has 0 radical (unpaired) electrons. The molecular weight excluding hydrogens is 260 g/mol. The van der Waals surface area contributed by atoms with Gasteiger partial charge in [-0.1, -0.05) is 6.07 Å². The van der Waals surface area contributed by atoms with Gasteiger partial charge < -0.3 is 20.2 Å². The molecule has 6 nitrogen and oxygen atoms in total. The highest BCUT2D eigenvalue weighted by molar-refractivity contribution is 6.13. The Morgan fingerprint density at radius 2 is 1.85 bits per heavy atom. The molecule has 20 heavy (non-hydrogen) atoms. The molecule has 2 heterocycles. The molecule has 1 atom stereocenters. The second-order valence-electron chi connectivity index (χ2n) is 4.50. The summed E-state index contributed by atoms with van der Waals surface area (Å²) in [5, 5.41) is 15.4. The summed E-state index contributed by atoms with van der Waals surface area (Å²) in [6.07, 6.45) is 0.334. The zero-order chi connectivity index (χ0) is 14.1. The number of benzene rings is 1. The van der Waals surface area contributed by atoms with Gasteiger partial charge in [0.15, 0.2) is 0 Å². The monoisotopic (exact) mass is 272 g/mol. The van der Waals surface area contributed by atoms with Crippen LogP contribution in [0.25, 0.3) is 0 Å². The maximum absolute atomic E-state index is 11.5. The molecular formula is C14H12N2O4. The lowest BCUT2D eigenvalue weighted by atomic mass is 10.1. The fourth-order valence-corrected chi connectivity index (χ4v) is 2.09. The predicted octanol–water partition coefficient (Wildman–Crippen LogP) is 1.64. The number of aliphatic hydroxyl groups excluding tert-OH is 1. The number of carbonyl (C=O) groups is 2. The van der Waals surface area contributed by atoms with Crippen molar-refractivity contribution in [3.63, 3.8) is 0 Å². The fraction of sp³-hybridized carbons (Fsp3) is 0.143. The molecule has 1 aliphatic heterocycles. The lowest BCUT2D eigenvalue weighted by Gasteiger charge is -2.12. The van der Waals surface area contributed by atoms with Crippen molar-refractivity contribution in [2.75, 3.05) is 10.6 Å². The van der Waals surface area contributed by atoms with Gasteiger partial charge in [0.25, 0.3) is 0 Å². The van der Waals surface area contributed by atoms with Gasteiger partial charge in [-0.3, -0.25) is 9.59 Å². The third-order valence-corrected chi connectivity index (χ3v) is 3.04. The van der Waals surface area contributed by atoms with Crippen LogP contribution in [-0.2, 0) is 9.59 Å². The quantitative estimate of drug-likeness (QED) is 0.725. The summed E-state index contributed by atoms with van der Waals surface area (Å²) in [5.74, 6) is -0.333. The number of rotatable bonds is 2. The van der Waals surface area contributed by atoms with E-state index in [0.29, 0.717) is 22.7 Å². The Morgan fingerprint density at radius 3 is 2.55 bits per heavy atom. The number of carbonyl (C=O) groups excluding carboxylic acids is 2. The van der Waals surface area contributed by atoms with E-state index in [1.807, 2.05) is 0 Å². The molecule has 3 rings (SSSR count). The Kier molecular flexibility index (Phi) is 3.00. The predicted molar refractivity (Wildman–Crippen MR) is 71.1 cm³/mol. The van der Waals surface area contributed by atoms with Gasteiger partial charge in [-0.05, 0) is 29.8 Å². The van der Waals surface area contributed by atoms with Gasteiger partial charge in [-0.25, -0.2) is 0 Å². The topological polar surface area (TPSA) is 91.6 Å². The molecule has 1 aromatic carbocycles. The first-order valence-electron chi connectivity index (χ1n) is 6.08. The number of anilines is 2. The molecule has 3 N–H and O–H groups in total. The molecule has 1 aliphatic rings. The van der Waals surface area contributed by atoms with Gasteiger partial charge in [0.1, 0.15) is 18.3 Å². The summed E-state index contributed by atoms with van der Waals surface area (Å²) < 4.78 is 5.15. The summed E-state index contributed by atoms with van der Waals surface area (Å²) in [6, 6.07) is 8.27. The summed E-state index contributed by atoms with van der Waals surface area (Å²) in [4.78, 5) is 22.9. The van der Waals surface area contributed by atoms with E-state index in [0.717, 1.165) is 0 Å². The second-order valence-corrected chi connectivity index (χ2v) is 4.50. The number of hydrogen-bond donors (Lipinski definition) is 3. The highest BCUT2D eigenvalue weighted by Crippen LogP contribution is 2.30. The number of hydrogen-bond acceptors (Lipinski definition) is 4. The fourth-order valence-electron chi connectivity index (χ4n) is 2.09. The van der Waals surface area contributed by atoms with E-state index >= 15 is 0 Å². The van der Waals surface area contributed by atoms with Crippen LogP contribution in [0, 0.1) is 0 Å². The molecule has 102 valence electrons. The summed E-state index contributed by atoms with van der Waals surface area (Å²) in [6.45, 7) is 0. The minimum atomic E-state index is -0.925. The minimum Gasteiger partial charge on any atom is -0.466 e. The van der Waals surface area contributed by atoms with Crippen LogP contribution in [0.15, 0.2) is 41.0 Å². The van der Waals surface area contributed by atoms with Crippen molar-refractivity contribution < 1.29 is 19.1 Å². The van der Waals surface area contributed by atoms with E-state index in [1.165, 1.54) is 6.26 Å². The van der Waals surface area contributed by atoms with E-state index in [-0.39, 0.29) is 18.2 Å². The average Bonchev–Trinajstić information content (AvgIpc) is 2.88. The van der Waals surface area contributed by atoms with Gasteiger partial charge in [0.05, 0.1) is 17.6 Å². The van der Waals surface area contributed by atoms with Crippen LogP contribution in [-0.4, -0.2) is 16.9 Å². The number of amides is 2. The molecule has 2 amide bonds. The average molecular weight is 272 g/mol. The van der Waals surface area contributed by atoms with E-state index in [2.05, 4.69) is 10.6 Å². The van der Waals surface area contributed by atoms with Crippen LogP contribution in [0.1, 0.15) is 23.8 Å². The smallest absolute Gasteiger partial charge is 0.233 e. The van der Waals surface area contributed by atoms with Gasteiger partial charge in [0.2, 0.25) is 11.8 Å². The first-order chi connectivity index (χ1) is 9.63. The largest absolute Gasteiger partial charge is 0.466 e. The molecule has 0 saturated carbocycles. The number of nitrogens with one attached hydrogen (secondary N) is 2. The van der Waals surface area contributed by atoms with Crippen molar-refractivity contribution in [2.24, 2.45) is 0 Å². The SMILES string of the molecule is O=C1CC(=O)Nc2cc(C(O)c3ccco3)ccc2N1. The molecule has 0 saturated heterocycles. The summed E-state index contributed by atoms with van der Waals surface area (Å²) >= 11 is 0. The van der Waals surface area contributed by atoms with Crippen LogP contribution in [0.2, 0.25) is 0 Å². The molecule has 1 aromatic heterocycles. The van der Waals surface area contributed by atoms with Crippen molar-refractivity contribution >= 4 is 23.2 Å². The normalized spacial score (nSPS) is 15.8. The first-order valence-corrected chi connectivity index (χ1v) is 6.08. The highest BCUT2D eigenvalue weighted by Gasteiger charge is 2.20. The van der Waals surface area contributed by atoms with Crippen molar-refractivity contribution in [3.05, 3.63) is 47.9 Å². The van der Waals surface area contributed by atoms with E-state index in [1.54, 1.807) is 30.3 Å². The van der Waals surface area contributed by atoms with Crippen molar-refractivity contribution in [1.29, 1.82) is 0 Å². The number of fused-ring (bicyclic) bond motifs is 1. The first kappa shape index (κ1) is 12.4. The summed E-state index contributed by atoms with van der Waals surface area (Å²) in [7, 11) is 0. The molecule has 0 spiro atoms. The molecule has 2 aromatic rings. The van der Waals surface area contributed by atoms with Crippen LogP contribution in [0.4, 0.5) is 11.4 Å². The lowest BCUT2D eigenvalue weighted by molar-refractivity contribution is -0.123. The number of furan rings is 1. The lowest BCUT2D eigenvalue weighted by Crippen LogP contribution is -2.16. The zero-order valence-corrected chi connectivity index (χ0v) is 10.4. The maximum atomic E-state index is 11.5. The zero-order valence-electron chi connectivity index (χ0n) is 10.4. The molecule has 0 fully saturated rings. The highest BCUT2D eigenvalue weighted by atomic mass is 16.4. The van der Waals surface area contributed by atoms with E-state index < -0.39 is 6.10 Å². The van der Waals surface area contributed by atoms with Crippen LogP contribution in [0.5, 0.6) is 0 Å². The van der Waals surface area contributed by atoms with Crippen molar-refractivity contribution in [2.45, 2.75) is 12.5 Å². The van der Waals surface area contributed by atoms with Gasteiger partial charge in [-0.2, -0.15) is 0 Å². The molecule has 0 aliphatic carbocycles. The minimum absolute atomic E-state index is 0.218. The third-order valence-electron chi connectivity index (χ3n) is 3.04.